The van der Waals surface area contributed by atoms with Gasteiger partial charge in [0.25, 0.3) is 0 Å². The minimum atomic E-state index is -2.96. The van der Waals surface area contributed by atoms with E-state index in [4.69, 9.17) is 0 Å². The van der Waals surface area contributed by atoms with Gasteiger partial charge in [0.2, 0.25) is 0 Å². The van der Waals surface area contributed by atoms with Crippen LogP contribution in [0.4, 0.5) is 0 Å². The van der Waals surface area contributed by atoms with E-state index in [0.717, 1.165) is 31.7 Å². The molecule has 7 heteroatoms. The molecule has 0 unspecified atom stereocenters. The van der Waals surface area contributed by atoms with Crippen molar-refractivity contribution in [3.8, 4) is 0 Å². The van der Waals surface area contributed by atoms with Crippen molar-refractivity contribution in [3.05, 3.63) is 52.5 Å². The first-order chi connectivity index (χ1) is 11.6. The average Bonchev–Trinajstić information content (AvgIpc) is 3.17. The lowest BCUT2D eigenvalue weighted by atomic mass is 10.0. The minimum Gasteiger partial charge on any atom is -0.292 e. The number of rotatable bonds is 4. The standard InChI is InChI=1S/C17H21N3O2S2/c21-24(22)12-16-17(13-24)20(10-15-3-7-23-11-15)6-5-19(16)9-14-2-1-4-18-8-14/h1-4,7-8,11,16-17H,5-6,9-10,12-13H2/t16-,17+/m1/s1. The summed E-state index contributed by atoms with van der Waals surface area (Å²) in [6.07, 6.45) is 3.64. The zero-order chi connectivity index (χ0) is 16.6. The molecule has 0 saturated carbocycles. The Morgan fingerprint density at radius 1 is 1.08 bits per heavy atom. The van der Waals surface area contributed by atoms with Crippen LogP contribution in [0.5, 0.6) is 0 Å². The van der Waals surface area contributed by atoms with Crippen molar-refractivity contribution in [1.29, 1.82) is 0 Å². The van der Waals surface area contributed by atoms with Crippen LogP contribution >= 0.6 is 11.3 Å². The number of sulfone groups is 1. The third kappa shape index (κ3) is 3.39. The Balaban J connectivity index is 1.53. The van der Waals surface area contributed by atoms with Gasteiger partial charge in [0.1, 0.15) is 0 Å². The van der Waals surface area contributed by atoms with Crippen molar-refractivity contribution in [2.75, 3.05) is 24.6 Å². The molecule has 2 fully saturated rings. The van der Waals surface area contributed by atoms with E-state index in [1.54, 1.807) is 17.5 Å². The Kier molecular flexibility index (Phi) is 4.42. The van der Waals surface area contributed by atoms with Crippen LogP contribution < -0.4 is 0 Å². The number of fused-ring (bicyclic) bond motifs is 1. The molecule has 0 aliphatic carbocycles. The van der Waals surface area contributed by atoms with Crippen LogP contribution in [0.25, 0.3) is 0 Å². The summed E-state index contributed by atoms with van der Waals surface area (Å²) in [5.41, 5.74) is 2.43. The highest BCUT2D eigenvalue weighted by atomic mass is 32.2. The largest absolute Gasteiger partial charge is 0.292 e. The lowest BCUT2D eigenvalue weighted by Gasteiger charge is -2.44. The molecule has 128 valence electrons. The van der Waals surface area contributed by atoms with Crippen LogP contribution in [-0.2, 0) is 22.9 Å². The maximum absolute atomic E-state index is 12.3. The summed E-state index contributed by atoms with van der Waals surface area (Å²) in [4.78, 5) is 8.86. The maximum atomic E-state index is 12.3. The SMILES string of the molecule is O=S1(=O)C[C@@H]2[C@H](C1)N(Cc1ccsc1)CCN2Cc1cccnc1. The van der Waals surface area contributed by atoms with E-state index >= 15 is 0 Å². The van der Waals surface area contributed by atoms with Gasteiger partial charge in [-0.15, -0.1) is 0 Å². The van der Waals surface area contributed by atoms with E-state index in [-0.39, 0.29) is 23.6 Å². The van der Waals surface area contributed by atoms with Gasteiger partial charge in [-0.05, 0) is 34.0 Å². The molecule has 4 rings (SSSR count). The molecule has 0 N–H and O–H groups in total. The second-order valence-corrected chi connectivity index (χ2v) is 9.58. The second kappa shape index (κ2) is 6.55. The Hall–Kier alpha value is -1.28. The van der Waals surface area contributed by atoms with Crippen molar-refractivity contribution in [2.24, 2.45) is 0 Å². The third-order valence-electron chi connectivity index (χ3n) is 4.98. The highest BCUT2D eigenvalue weighted by Crippen LogP contribution is 2.29. The zero-order valence-electron chi connectivity index (χ0n) is 13.4. The molecule has 2 aromatic heterocycles. The zero-order valence-corrected chi connectivity index (χ0v) is 15.0. The highest BCUT2D eigenvalue weighted by molar-refractivity contribution is 7.91. The summed E-state index contributed by atoms with van der Waals surface area (Å²) in [5, 5.41) is 4.23. The van der Waals surface area contributed by atoms with Crippen LogP contribution in [0.3, 0.4) is 0 Å². The molecular formula is C17H21N3O2S2. The Bertz CT molecular complexity index is 777. The maximum Gasteiger partial charge on any atom is 0.153 e. The van der Waals surface area contributed by atoms with Gasteiger partial charge in [0.15, 0.2) is 9.84 Å². The molecule has 24 heavy (non-hydrogen) atoms. The first-order valence-corrected chi connectivity index (χ1v) is 11.0. The van der Waals surface area contributed by atoms with Gasteiger partial charge in [-0.25, -0.2) is 8.42 Å². The molecule has 0 bridgehead atoms. The van der Waals surface area contributed by atoms with Crippen molar-refractivity contribution in [1.82, 2.24) is 14.8 Å². The van der Waals surface area contributed by atoms with Gasteiger partial charge < -0.3 is 0 Å². The van der Waals surface area contributed by atoms with Gasteiger partial charge in [-0.3, -0.25) is 14.8 Å². The first-order valence-electron chi connectivity index (χ1n) is 8.19. The summed E-state index contributed by atoms with van der Waals surface area (Å²) in [7, 11) is -2.96. The van der Waals surface area contributed by atoms with Gasteiger partial charge >= 0.3 is 0 Å². The number of aromatic nitrogens is 1. The Morgan fingerprint density at radius 3 is 2.38 bits per heavy atom. The van der Waals surface area contributed by atoms with E-state index in [9.17, 15) is 8.42 Å². The van der Waals surface area contributed by atoms with Crippen molar-refractivity contribution in [3.63, 3.8) is 0 Å². The number of hydrogen-bond acceptors (Lipinski definition) is 6. The lowest BCUT2D eigenvalue weighted by molar-refractivity contribution is 0.0355. The van der Waals surface area contributed by atoms with Crippen molar-refractivity contribution < 1.29 is 8.42 Å². The summed E-state index contributed by atoms with van der Waals surface area (Å²) < 4.78 is 24.6. The average molecular weight is 364 g/mol. The number of piperazine rings is 1. The van der Waals surface area contributed by atoms with Crippen LogP contribution in [0.1, 0.15) is 11.1 Å². The first kappa shape index (κ1) is 16.2. The quantitative estimate of drug-likeness (QED) is 0.826. The van der Waals surface area contributed by atoms with E-state index in [0.29, 0.717) is 0 Å². The topological polar surface area (TPSA) is 53.5 Å². The summed E-state index contributed by atoms with van der Waals surface area (Å²) in [6.45, 7) is 3.43. The Labute approximate surface area is 146 Å². The number of nitrogens with zero attached hydrogens (tertiary/aromatic N) is 3. The van der Waals surface area contributed by atoms with Crippen molar-refractivity contribution >= 4 is 21.2 Å². The second-order valence-electron chi connectivity index (χ2n) is 6.65. The number of pyridine rings is 1. The van der Waals surface area contributed by atoms with Gasteiger partial charge in [0, 0.05) is 50.7 Å². The fourth-order valence-corrected chi connectivity index (χ4v) is 6.54. The van der Waals surface area contributed by atoms with E-state index in [1.165, 1.54) is 5.56 Å². The summed E-state index contributed by atoms with van der Waals surface area (Å²) >= 11 is 1.69. The molecule has 0 amide bonds. The van der Waals surface area contributed by atoms with Crippen LogP contribution in [-0.4, -0.2) is 59.9 Å². The molecule has 2 aliphatic rings. The predicted octanol–water partition coefficient (Wildman–Crippen LogP) is 1.63. The number of thiophene rings is 1. The molecule has 2 aliphatic heterocycles. The molecule has 2 atom stereocenters. The number of hydrogen-bond donors (Lipinski definition) is 0. The van der Waals surface area contributed by atoms with Gasteiger partial charge in [0.05, 0.1) is 11.5 Å². The van der Waals surface area contributed by atoms with Crippen LogP contribution in [0.2, 0.25) is 0 Å². The fourth-order valence-electron chi connectivity index (χ4n) is 3.83. The molecule has 0 spiro atoms. The molecule has 2 aromatic rings. The smallest absolute Gasteiger partial charge is 0.153 e. The summed E-state index contributed by atoms with van der Waals surface area (Å²) in [5.74, 6) is 0.559. The van der Waals surface area contributed by atoms with Crippen molar-refractivity contribution in [2.45, 2.75) is 25.2 Å². The monoisotopic (exact) mass is 363 g/mol. The summed E-state index contributed by atoms with van der Waals surface area (Å²) in [6, 6.07) is 6.31. The molecular weight excluding hydrogens is 342 g/mol. The predicted molar refractivity (Wildman–Crippen MR) is 95.6 cm³/mol. The van der Waals surface area contributed by atoms with Gasteiger partial charge in [-0.1, -0.05) is 6.07 Å². The fraction of sp³-hybridized carbons (Fsp3) is 0.471. The van der Waals surface area contributed by atoms with E-state index in [1.807, 2.05) is 12.3 Å². The van der Waals surface area contributed by atoms with E-state index in [2.05, 4.69) is 37.7 Å². The van der Waals surface area contributed by atoms with Gasteiger partial charge in [-0.2, -0.15) is 11.3 Å². The minimum absolute atomic E-state index is 0.0857. The third-order valence-corrected chi connectivity index (χ3v) is 7.41. The highest BCUT2D eigenvalue weighted by Gasteiger charge is 2.46. The molecule has 2 saturated heterocycles. The molecule has 0 radical (unpaired) electrons. The lowest BCUT2D eigenvalue weighted by Crippen LogP contribution is -2.58. The molecule has 0 aromatic carbocycles. The van der Waals surface area contributed by atoms with E-state index < -0.39 is 9.84 Å². The Morgan fingerprint density at radius 2 is 1.79 bits per heavy atom. The molecule has 5 nitrogen and oxygen atoms in total. The molecule has 4 heterocycles. The van der Waals surface area contributed by atoms with Crippen LogP contribution in [0, 0.1) is 0 Å². The van der Waals surface area contributed by atoms with Crippen LogP contribution in [0.15, 0.2) is 41.4 Å². The normalized spacial score (nSPS) is 27.2.